The second-order valence-electron chi connectivity index (χ2n) is 3.52. The molecule has 1 rings (SSSR count). The number of aliphatic hydroxyl groups excluding tert-OH is 1. The van der Waals surface area contributed by atoms with Gasteiger partial charge in [-0.1, -0.05) is 0 Å². The zero-order valence-corrected chi connectivity index (χ0v) is 9.36. The van der Waals surface area contributed by atoms with Crippen LogP contribution in [0.25, 0.3) is 0 Å². The van der Waals surface area contributed by atoms with Gasteiger partial charge in [-0.25, -0.2) is 0 Å². The third-order valence-corrected chi connectivity index (χ3v) is 2.12. The van der Waals surface area contributed by atoms with Crippen LogP contribution in [0.4, 0.5) is 5.69 Å². The summed E-state index contributed by atoms with van der Waals surface area (Å²) in [6.45, 7) is 1.60. The molecule has 88 valence electrons. The lowest BCUT2D eigenvalue weighted by atomic mass is 10.1. The van der Waals surface area contributed by atoms with Crippen molar-refractivity contribution in [3.8, 4) is 5.75 Å². The van der Waals surface area contributed by atoms with Gasteiger partial charge in [0.15, 0.2) is 0 Å². The summed E-state index contributed by atoms with van der Waals surface area (Å²) < 4.78 is 5.06. The molecule has 5 nitrogen and oxygen atoms in total. The molecule has 0 spiro atoms. The van der Waals surface area contributed by atoms with Crippen molar-refractivity contribution in [2.75, 3.05) is 19.5 Å². The molecule has 0 aliphatic carbocycles. The Bertz CT molecular complexity index is 379. The number of methoxy groups -OCH3 is 1. The number of amides is 1. The Morgan fingerprint density at radius 1 is 1.62 bits per heavy atom. The second-order valence-corrected chi connectivity index (χ2v) is 3.52. The number of hydrogen-bond acceptors (Lipinski definition) is 4. The van der Waals surface area contributed by atoms with Crippen molar-refractivity contribution in [1.29, 1.82) is 0 Å². The number of nitrogen functional groups attached to an aromatic ring is 1. The molecule has 0 heterocycles. The summed E-state index contributed by atoms with van der Waals surface area (Å²) in [6, 6.07) is 4.50. The van der Waals surface area contributed by atoms with Crippen LogP contribution in [-0.4, -0.2) is 30.8 Å². The summed E-state index contributed by atoms with van der Waals surface area (Å²) in [5.41, 5.74) is 6.51. The topological polar surface area (TPSA) is 84.6 Å². The van der Waals surface area contributed by atoms with Gasteiger partial charge in [-0.3, -0.25) is 4.79 Å². The smallest absolute Gasteiger partial charge is 0.255 e. The Morgan fingerprint density at radius 3 is 2.88 bits per heavy atom. The van der Waals surface area contributed by atoms with E-state index < -0.39 is 0 Å². The van der Waals surface area contributed by atoms with Gasteiger partial charge in [0.1, 0.15) is 5.75 Å². The van der Waals surface area contributed by atoms with Crippen LogP contribution in [0.3, 0.4) is 0 Å². The molecule has 0 radical (unpaired) electrons. The number of carbonyl (C=O) groups is 1. The molecule has 1 aromatic carbocycles. The van der Waals surface area contributed by atoms with Gasteiger partial charge in [-0.15, -0.1) is 0 Å². The van der Waals surface area contributed by atoms with E-state index in [1.54, 1.807) is 25.1 Å². The first-order valence-electron chi connectivity index (χ1n) is 4.93. The summed E-state index contributed by atoms with van der Waals surface area (Å²) >= 11 is 0. The van der Waals surface area contributed by atoms with Crippen molar-refractivity contribution in [3.63, 3.8) is 0 Å². The fraction of sp³-hybridized carbons (Fsp3) is 0.364. The predicted octanol–water partition coefficient (Wildman–Crippen LogP) is 0.388. The number of ether oxygens (including phenoxy) is 1. The van der Waals surface area contributed by atoms with E-state index in [2.05, 4.69) is 5.32 Å². The Balaban J connectivity index is 2.90. The van der Waals surface area contributed by atoms with Crippen molar-refractivity contribution in [3.05, 3.63) is 23.8 Å². The van der Waals surface area contributed by atoms with Gasteiger partial charge >= 0.3 is 0 Å². The van der Waals surface area contributed by atoms with Crippen molar-refractivity contribution in [1.82, 2.24) is 5.32 Å². The average Bonchev–Trinajstić information content (AvgIpc) is 2.28. The molecule has 5 heteroatoms. The molecule has 1 atom stereocenters. The normalized spacial score (nSPS) is 11.9. The minimum atomic E-state index is -0.297. The van der Waals surface area contributed by atoms with Crippen LogP contribution in [0, 0.1) is 0 Å². The van der Waals surface area contributed by atoms with Gasteiger partial charge in [0.2, 0.25) is 0 Å². The molecule has 0 fully saturated rings. The molecule has 4 N–H and O–H groups in total. The van der Waals surface area contributed by atoms with E-state index in [9.17, 15) is 4.79 Å². The quantitative estimate of drug-likeness (QED) is 0.646. The molecule has 1 aromatic rings. The van der Waals surface area contributed by atoms with Gasteiger partial charge in [-0.2, -0.15) is 0 Å². The summed E-state index contributed by atoms with van der Waals surface area (Å²) in [5.74, 6) is 0.126. The largest absolute Gasteiger partial charge is 0.496 e. The number of nitrogens with one attached hydrogen (secondary N) is 1. The van der Waals surface area contributed by atoms with E-state index in [-0.39, 0.29) is 18.6 Å². The maximum absolute atomic E-state index is 11.8. The van der Waals surface area contributed by atoms with Crippen LogP contribution < -0.4 is 15.8 Å². The van der Waals surface area contributed by atoms with Crippen molar-refractivity contribution >= 4 is 11.6 Å². The summed E-state index contributed by atoms with van der Waals surface area (Å²) in [6.07, 6.45) is 0. The van der Waals surface area contributed by atoms with E-state index >= 15 is 0 Å². The van der Waals surface area contributed by atoms with Crippen molar-refractivity contribution < 1.29 is 14.6 Å². The Morgan fingerprint density at radius 2 is 2.31 bits per heavy atom. The van der Waals surface area contributed by atoms with Crippen LogP contribution in [0.5, 0.6) is 5.75 Å². The number of hydrogen-bond donors (Lipinski definition) is 3. The highest BCUT2D eigenvalue weighted by Crippen LogP contribution is 2.21. The monoisotopic (exact) mass is 224 g/mol. The molecule has 0 unspecified atom stereocenters. The number of nitrogens with two attached hydrogens (primary N) is 1. The molecule has 1 amide bonds. The standard InChI is InChI=1S/C11H16N2O3/c1-7(6-14)13-11(15)9-4-3-8(12)5-10(9)16-2/h3-5,7,14H,6,12H2,1-2H3,(H,13,15)/t7-/m0/s1. The van der Waals surface area contributed by atoms with Crippen LogP contribution in [0.15, 0.2) is 18.2 Å². The van der Waals surface area contributed by atoms with Crippen LogP contribution >= 0.6 is 0 Å². The van der Waals surface area contributed by atoms with Crippen LogP contribution in [0.1, 0.15) is 17.3 Å². The summed E-state index contributed by atoms with van der Waals surface area (Å²) in [5, 5.41) is 11.5. The molecule has 0 aliphatic rings. The molecule has 0 aliphatic heterocycles. The van der Waals surface area contributed by atoms with E-state index in [1.165, 1.54) is 7.11 Å². The first-order valence-corrected chi connectivity index (χ1v) is 4.93. The molecule has 0 saturated heterocycles. The highest BCUT2D eigenvalue weighted by molar-refractivity contribution is 5.97. The lowest BCUT2D eigenvalue weighted by Crippen LogP contribution is -2.35. The lowest BCUT2D eigenvalue weighted by molar-refractivity contribution is 0.0919. The van der Waals surface area contributed by atoms with Gasteiger partial charge in [0.05, 0.1) is 19.3 Å². The summed E-state index contributed by atoms with van der Waals surface area (Å²) in [7, 11) is 1.47. The molecule has 16 heavy (non-hydrogen) atoms. The van der Waals surface area contributed by atoms with Crippen LogP contribution in [-0.2, 0) is 0 Å². The minimum absolute atomic E-state index is 0.108. The number of aliphatic hydroxyl groups is 1. The van der Waals surface area contributed by atoms with Gasteiger partial charge in [-0.05, 0) is 19.1 Å². The number of anilines is 1. The SMILES string of the molecule is COc1cc(N)ccc1C(=O)N[C@@H](C)CO. The third kappa shape index (κ3) is 2.87. The number of carbonyl (C=O) groups excluding carboxylic acids is 1. The molecule has 0 saturated carbocycles. The first-order chi connectivity index (χ1) is 7.58. The van der Waals surface area contributed by atoms with Crippen molar-refractivity contribution in [2.24, 2.45) is 0 Å². The van der Waals surface area contributed by atoms with E-state index in [4.69, 9.17) is 15.6 Å². The fourth-order valence-electron chi connectivity index (χ4n) is 1.24. The Labute approximate surface area is 94.2 Å². The molecular weight excluding hydrogens is 208 g/mol. The average molecular weight is 224 g/mol. The zero-order valence-electron chi connectivity index (χ0n) is 9.36. The van der Waals surface area contributed by atoms with Gasteiger partial charge in [0, 0.05) is 17.8 Å². The predicted molar refractivity (Wildman–Crippen MR) is 61.4 cm³/mol. The van der Waals surface area contributed by atoms with Crippen molar-refractivity contribution in [2.45, 2.75) is 13.0 Å². The Kier molecular flexibility index (Phi) is 4.13. The fourth-order valence-corrected chi connectivity index (χ4v) is 1.24. The first kappa shape index (κ1) is 12.3. The summed E-state index contributed by atoms with van der Waals surface area (Å²) in [4.78, 5) is 11.8. The van der Waals surface area contributed by atoms with E-state index in [0.29, 0.717) is 17.0 Å². The maximum Gasteiger partial charge on any atom is 0.255 e. The highest BCUT2D eigenvalue weighted by Gasteiger charge is 2.14. The molecule has 0 aromatic heterocycles. The maximum atomic E-state index is 11.8. The van der Waals surface area contributed by atoms with Crippen LogP contribution in [0.2, 0.25) is 0 Å². The second kappa shape index (κ2) is 5.37. The van der Waals surface area contributed by atoms with Gasteiger partial charge in [0.25, 0.3) is 5.91 Å². The van der Waals surface area contributed by atoms with Gasteiger partial charge < -0.3 is 20.9 Å². The minimum Gasteiger partial charge on any atom is -0.496 e. The lowest BCUT2D eigenvalue weighted by Gasteiger charge is -2.13. The Hall–Kier alpha value is -1.75. The molecular formula is C11H16N2O3. The van der Waals surface area contributed by atoms with E-state index in [0.717, 1.165) is 0 Å². The molecule has 0 bridgehead atoms. The zero-order chi connectivity index (χ0) is 12.1. The number of rotatable bonds is 4. The highest BCUT2D eigenvalue weighted by atomic mass is 16.5. The number of benzene rings is 1. The third-order valence-electron chi connectivity index (χ3n) is 2.12. The van der Waals surface area contributed by atoms with E-state index in [1.807, 2.05) is 0 Å².